The molecule has 1 aromatic rings. The molecule has 20 heavy (non-hydrogen) atoms. The summed E-state index contributed by atoms with van der Waals surface area (Å²) in [7, 11) is 0. The molecular formula is C13H16F3NO3. The first-order chi connectivity index (χ1) is 9.19. The van der Waals surface area contributed by atoms with Crippen molar-refractivity contribution >= 4 is 5.97 Å². The van der Waals surface area contributed by atoms with Gasteiger partial charge in [0.1, 0.15) is 11.8 Å². The molecule has 0 fully saturated rings. The second kappa shape index (κ2) is 6.60. The van der Waals surface area contributed by atoms with Crippen molar-refractivity contribution in [2.24, 2.45) is 0 Å². The van der Waals surface area contributed by atoms with Crippen molar-refractivity contribution in [3.05, 3.63) is 29.8 Å². The number of carboxylic acid groups (broad SMARTS) is 1. The number of alkyl halides is 3. The Labute approximate surface area is 114 Å². The van der Waals surface area contributed by atoms with E-state index in [1.54, 1.807) is 0 Å². The highest BCUT2D eigenvalue weighted by atomic mass is 19.4. The van der Waals surface area contributed by atoms with Gasteiger partial charge in [0, 0.05) is 0 Å². The second-order valence-electron chi connectivity index (χ2n) is 4.50. The van der Waals surface area contributed by atoms with Crippen molar-refractivity contribution in [3.8, 4) is 5.75 Å². The van der Waals surface area contributed by atoms with Crippen LogP contribution >= 0.6 is 0 Å². The van der Waals surface area contributed by atoms with Crippen LogP contribution in [-0.4, -0.2) is 29.9 Å². The minimum atomic E-state index is -4.46. The number of carboxylic acids is 1. The lowest BCUT2D eigenvalue weighted by Gasteiger charge is -2.17. The highest BCUT2D eigenvalue weighted by Gasteiger charge is 2.30. The van der Waals surface area contributed by atoms with Crippen LogP contribution in [0.2, 0.25) is 0 Å². The van der Waals surface area contributed by atoms with Crippen molar-refractivity contribution in [3.63, 3.8) is 0 Å². The van der Waals surface area contributed by atoms with Crippen LogP contribution < -0.4 is 10.1 Å². The fourth-order valence-corrected chi connectivity index (χ4v) is 1.58. The summed E-state index contributed by atoms with van der Waals surface area (Å²) in [4.78, 5) is 11.0. The van der Waals surface area contributed by atoms with Crippen LogP contribution in [0.15, 0.2) is 24.3 Å². The highest BCUT2D eigenvalue weighted by molar-refractivity contribution is 5.75. The number of rotatable bonds is 6. The maximum absolute atomic E-state index is 12.1. The van der Waals surface area contributed by atoms with Gasteiger partial charge in [0.25, 0.3) is 0 Å². The minimum Gasteiger partial charge on any atom is -0.491 e. The van der Waals surface area contributed by atoms with Gasteiger partial charge >= 0.3 is 12.1 Å². The molecule has 1 aromatic carbocycles. The second-order valence-corrected chi connectivity index (χ2v) is 4.50. The number of halogens is 3. The van der Waals surface area contributed by atoms with Gasteiger partial charge in [0.2, 0.25) is 0 Å². The van der Waals surface area contributed by atoms with E-state index in [0.717, 1.165) is 0 Å². The molecule has 112 valence electrons. The zero-order chi connectivity index (χ0) is 15.3. The smallest absolute Gasteiger partial charge is 0.401 e. The molecule has 0 aliphatic carbocycles. The fourth-order valence-electron chi connectivity index (χ4n) is 1.58. The number of ether oxygens (including phenoxy) is 1. The van der Waals surface area contributed by atoms with Crippen LogP contribution in [-0.2, 0) is 4.79 Å². The third kappa shape index (κ3) is 5.48. The van der Waals surface area contributed by atoms with Gasteiger partial charge in [0.15, 0.2) is 0 Å². The number of hydrogen-bond acceptors (Lipinski definition) is 3. The third-order valence-corrected chi connectivity index (χ3v) is 2.34. The summed E-state index contributed by atoms with van der Waals surface area (Å²) in [5.74, 6) is -0.838. The van der Waals surface area contributed by atoms with E-state index in [1.165, 1.54) is 24.3 Å². The maximum Gasteiger partial charge on any atom is 0.401 e. The molecule has 0 aliphatic rings. The van der Waals surface area contributed by atoms with E-state index in [9.17, 15) is 18.0 Å². The van der Waals surface area contributed by atoms with E-state index in [0.29, 0.717) is 5.75 Å². The van der Waals surface area contributed by atoms with Crippen LogP contribution in [0.25, 0.3) is 0 Å². The molecule has 1 atom stereocenters. The van der Waals surface area contributed by atoms with E-state index < -0.39 is 24.7 Å². The lowest BCUT2D eigenvalue weighted by molar-refractivity contribution is -0.143. The third-order valence-electron chi connectivity index (χ3n) is 2.34. The number of nitrogens with one attached hydrogen (secondary N) is 1. The molecule has 0 aromatic heterocycles. The minimum absolute atomic E-state index is 0.0422. The van der Waals surface area contributed by atoms with Gasteiger partial charge in [-0.25, -0.2) is 0 Å². The number of aliphatic carboxylic acids is 1. The number of carbonyl (C=O) groups is 1. The summed E-state index contributed by atoms with van der Waals surface area (Å²) in [6.45, 7) is 2.30. The first-order valence-corrected chi connectivity index (χ1v) is 5.98. The van der Waals surface area contributed by atoms with Crippen molar-refractivity contribution < 1.29 is 27.8 Å². The number of benzene rings is 1. The molecule has 0 aliphatic heterocycles. The largest absolute Gasteiger partial charge is 0.491 e. The van der Waals surface area contributed by atoms with Crippen LogP contribution in [0.4, 0.5) is 13.2 Å². The van der Waals surface area contributed by atoms with Crippen LogP contribution in [0.1, 0.15) is 25.5 Å². The first kappa shape index (κ1) is 16.3. The average Bonchev–Trinajstić information content (AvgIpc) is 2.28. The van der Waals surface area contributed by atoms with E-state index in [-0.39, 0.29) is 11.7 Å². The van der Waals surface area contributed by atoms with Crippen molar-refractivity contribution in [2.75, 3.05) is 6.54 Å². The average molecular weight is 291 g/mol. The molecule has 7 heteroatoms. The van der Waals surface area contributed by atoms with E-state index in [2.05, 4.69) is 0 Å². The van der Waals surface area contributed by atoms with Crippen molar-refractivity contribution in [2.45, 2.75) is 32.2 Å². The standard InChI is InChI=1S/C13H16F3NO3/c1-8(2)20-10-5-3-9(4-6-10)11(12(18)19)17-7-13(14,15)16/h3-6,8,11,17H,7H2,1-2H3,(H,18,19). The van der Waals surface area contributed by atoms with Gasteiger partial charge in [-0.2, -0.15) is 13.2 Å². The summed E-state index contributed by atoms with van der Waals surface area (Å²) in [6.07, 6.45) is -4.51. The maximum atomic E-state index is 12.1. The molecule has 0 bridgehead atoms. The van der Waals surface area contributed by atoms with Crippen LogP contribution in [0, 0.1) is 0 Å². The molecule has 0 spiro atoms. The van der Waals surface area contributed by atoms with Gasteiger partial charge in [0.05, 0.1) is 12.6 Å². The summed E-state index contributed by atoms with van der Waals surface area (Å²) in [5, 5.41) is 10.9. The Bertz CT molecular complexity index is 443. The van der Waals surface area contributed by atoms with Gasteiger partial charge in [-0.15, -0.1) is 0 Å². The Morgan fingerprint density at radius 2 is 1.85 bits per heavy atom. The Morgan fingerprint density at radius 3 is 2.25 bits per heavy atom. The lowest BCUT2D eigenvalue weighted by atomic mass is 10.1. The highest BCUT2D eigenvalue weighted by Crippen LogP contribution is 2.21. The van der Waals surface area contributed by atoms with Crippen molar-refractivity contribution in [1.82, 2.24) is 5.32 Å². The van der Waals surface area contributed by atoms with Crippen molar-refractivity contribution in [1.29, 1.82) is 0 Å². The molecule has 0 saturated carbocycles. The van der Waals surface area contributed by atoms with Crippen LogP contribution in [0.5, 0.6) is 5.75 Å². The van der Waals surface area contributed by atoms with Gasteiger partial charge in [-0.3, -0.25) is 10.1 Å². The predicted octanol–water partition coefficient (Wildman–Crippen LogP) is 2.75. The molecule has 4 nitrogen and oxygen atoms in total. The molecule has 0 heterocycles. The molecule has 2 N–H and O–H groups in total. The molecular weight excluding hydrogens is 275 g/mol. The quantitative estimate of drug-likeness (QED) is 0.846. The SMILES string of the molecule is CC(C)Oc1ccc(C(NCC(F)(F)F)C(=O)O)cc1. The van der Waals surface area contributed by atoms with Gasteiger partial charge < -0.3 is 9.84 Å². The van der Waals surface area contributed by atoms with E-state index >= 15 is 0 Å². The lowest BCUT2D eigenvalue weighted by Crippen LogP contribution is -2.36. The van der Waals surface area contributed by atoms with E-state index in [1.807, 2.05) is 19.2 Å². The van der Waals surface area contributed by atoms with E-state index in [4.69, 9.17) is 9.84 Å². The monoisotopic (exact) mass is 291 g/mol. The van der Waals surface area contributed by atoms with Gasteiger partial charge in [-0.1, -0.05) is 12.1 Å². The first-order valence-electron chi connectivity index (χ1n) is 5.98. The summed E-state index contributed by atoms with van der Waals surface area (Å²) >= 11 is 0. The Balaban J connectivity index is 2.79. The summed E-state index contributed by atoms with van der Waals surface area (Å²) in [5.41, 5.74) is 0.234. The van der Waals surface area contributed by atoms with Gasteiger partial charge in [-0.05, 0) is 31.5 Å². The normalized spacial score (nSPS) is 13.3. The Morgan fingerprint density at radius 1 is 1.30 bits per heavy atom. The summed E-state index contributed by atoms with van der Waals surface area (Å²) in [6, 6.07) is 4.51. The zero-order valence-corrected chi connectivity index (χ0v) is 11.1. The topological polar surface area (TPSA) is 58.6 Å². The predicted molar refractivity (Wildman–Crippen MR) is 66.6 cm³/mol. The fraction of sp³-hybridized carbons (Fsp3) is 0.462. The number of hydrogen-bond donors (Lipinski definition) is 2. The Hall–Kier alpha value is -1.76. The molecule has 1 unspecified atom stereocenters. The summed E-state index contributed by atoms with van der Waals surface area (Å²) < 4.78 is 41.8. The molecule has 0 radical (unpaired) electrons. The molecule has 0 amide bonds. The Kier molecular flexibility index (Phi) is 5.38. The molecule has 1 rings (SSSR count). The van der Waals surface area contributed by atoms with Crippen LogP contribution in [0.3, 0.4) is 0 Å². The molecule has 0 saturated heterocycles. The zero-order valence-electron chi connectivity index (χ0n) is 11.1.